The summed E-state index contributed by atoms with van der Waals surface area (Å²) in [5, 5.41) is 2.70. The second-order valence-corrected chi connectivity index (χ2v) is 5.29. The molecule has 0 aromatic heterocycles. The predicted molar refractivity (Wildman–Crippen MR) is 90.9 cm³/mol. The first-order valence-corrected chi connectivity index (χ1v) is 7.73. The Hall–Kier alpha value is -3.15. The first-order valence-electron chi connectivity index (χ1n) is 7.73. The van der Waals surface area contributed by atoms with E-state index in [1.165, 1.54) is 26.2 Å². The number of methoxy groups -OCH3 is 1. The van der Waals surface area contributed by atoms with Gasteiger partial charge in [0.25, 0.3) is 5.91 Å². The summed E-state index contributed by atoms with van der Waals surface area (Å²) < 4.78 is 9.80. The van der Waals surface area contributed by atoms with Gasteiger partial charge in [0, 0.05) is 6.54 Å². The number of carbonyl (C=O) groups excluding carboxylic acids is 3. The van der Waals surface area contributed by atoms with E-state index in [0.717, 1.165) is 5.56 Å². The summed E-state index contributed by atoms with van der Waals surface area (Å²) in [4.78, 5) is 36.1. The summed E-state index contributed by atoms with van der Waals surface area (Å²) in [6.07, 6.45) is -0.998. The molecule has 0 aliphatic carbocycles. The summed E-state index contributed by atoms with van der Waals surface area (Å²) in [7, 11) is 1.23. The number of hydrogen-bond acceptors (Lipinski definition) is 5. The lowest BCUT2D eigenvalue weighted by molar-refractivity contribution is -0.129. The van der Waals surface area contributed by atoms with Crippen molar-refractivity contribution in [3.05, 3.63) is 71.3 Å². The average Bonchev–Trinajstić information content (AvgIpc) is 2.66. The number of nitrogens with one attached hydrogen (secondary N) is 1. The zero-order valence-electron chi connectivity index (χ0n) is 14.0. The summed E-state index contributed by atoms with van der Waals surface area (Å²) in [6, 6.07) is 15.5. The summed E-state index contributed by atoms with van der Waals surface area (Å²) in [6.45, 7) is 1.80. The van der Waals surface area contributed by atoms with Gasteiger partial charge in [0.2, 0.25) is 0 Å². The van der Waals surface area contributed by atoms with E-state index >= 15 is 0 Å². The van der Waals surface area contributed by atoms with Gasteiger partial charge >= 0.3 is 11.9 Å². The van der Waals surface area contributed by atoms with E-state index in [-0.39, 0.29) is 11.1 Å². The third kappa shape index (κ3) is 4.91. The largest absolute Gasteiger partial charge is 0.465 e. The SMILES string of the molecule is COC(=O)c1ccccc1C(=O)OC(C)C(=O)NCc1ccccc1. The molecule has 2 aromatic carbocycles. The van der Waals surface area contributed by atoms with Crippen molar-refractivity contribution in [2.24, 2.45) is 0 Å². The van der Waals surface area contributed by atoms with E-state index < -0.39 is 23.9 Å². The Kier molecular flexibility index (Phi) is 6.28. The molecule has 1 N–H and O–H groups in total. The highest BCUT2D eigenvalue weighted by atomic mass is 16.5. The first kappa shape index (κ1) is 18.2. The molecule has 1 unspecified atom stereocenters. The third-order valence-electron chi connectivity index (χ3n) is 3.51. The number of esters is 2. The van der Waals surface area contributed by atoms with Crippen molar-refractivity contribution in [3.8, 4) is 0 Å². The molecule has 6 nitrogen and oxygen atoms in total. The van der Waals surface area contributed by atoms with E-state index in [9.17, 15) is 14.4 Å². The number of ether oxygens (including phenoxy) is 2. The molecule has 25 heavy (non-hydrogen) atoms. The molecule has 0 aliphatic heterocycles. The minimum atomic E-state index is -0.998. The number of hydrogen-bond donors (Lipinski definition) is 1. The molecular formula is C19H19NO5. The highest BCUT2D eigenvalue weighted by Gasteiger charge is 2.23. The molecule has 1 atom stereocenters. The lowest BCUT2D eigenvalue weighted by Crippen LogP contribution is -2.35. The number of carbonyl (C=O) groups is 3. The van der Waals surface area contributed by atoms with Crippen LogP contribution in [0.25, 0.3) is 0 Å². The Labute approximate surface area is 145 Å². The molecule has 0 radical (unpaired) electrons. The maximum Gasteiger partial charge on any atom is 0.339 e. The quantitative estimate of drug-likeness (QED) is 0.816. The van der Waals surface area contributed by atoms with Crippen LogP contribution in [0.15, 0.2) is 54.6 Å². The van der Waals surface area contributed by atoms with Crippen LogP contribution >= 0.6 is 0 Å². The summed E-state index contributed by atoms with van der Waals surface area (Å²) in [5.41, 5.74) is 1.08. The van der Waals surface area contributed by atoms with Crippen LogP contribution in [0, 0.1) is 0 Å². The van der Waals surface area contributed by atoms with E-state index in [4.69, 9.17) is 4.74 Å². The van der Waals surface area contributed by atoms with Crippen molar-refractivity contribution in [1.82, 2.24) is 5.32 Å². The van der Waals surface area contributed by atoms with Gasteiger partial charge in [-0.1, -0.05) is 42.5 Å². The molecule has 0 saturated carbocycles. The Morgan fingerprint density at radius 1 is 0.920 bits per heavy atom. The van der Waals surface area contributed by atoms with Gasteiger partial charge in [-0.15, -0.1) is 0 Å². The van der Waals surface area contributed by atoms with Gasteiger partial charge < -0.3 is 14.8 Å². The smallest absolute Gasteiger partial charge is 0.339 e. The fourth-order valence-corrected chi connectivity index (χ4v) is 2.16. The fourth-order valence-electron chi connectivity index (χ4n) is 2.16. The van der Waals surface area contributed by atoms with Crippen LogP contribution in [0.4, 0.5) is 0 Å². The van der Waals surface area contributed by atoms with Crippen LogP contribution in [0.1, 0.15) is 33.2 Å². The second kappa shape index (κ2) is 8.63. The van der Waals surface area contributed by atoms with E-state index in [1.54, 1.807) is 12.1 Å². The Morgan fingerprint density at radius 2 is 1.48 bits per heavy atom. The number of rotatable bonds is 6. The van der Waals surface area contributed by atoms with Crippen LogP contribution in [0.2, 0.25) is 0 Å². The van der Waals surface area contributed by atoms with Crippen LogP contribution in [-0.4, -0.2) is 31.1 Å². The van der Waals surface area contributed by atoms with Crippen molar-refractivity contribution in [2.45, 2.75) is 19.6 Å². The highest BCUT2D eigenvalue weighted by Crippen LogP contribution is 2.13. The monoisotopic (exact) mass is 341 g/mol. The van der Waals surface area contributed by atoms with Crippen molar-refractivity contribution in [2.75, 3.05) is 7.11 Å². The van der Waals surface area contributed by atoms with Crippen LogP contribution in [0.5, 0.6) is 0 Å². The molecular weight excluding hydrogens is 322 g/mol. The van der Waals surface area contributed by atoms with Gasteiger partial charge in [-0.25, -0.2) is 9.59 Å². The molecule has 2 aromatic rings. The van der Waals surface area contributed by atoms with Crippen molar-refractivity contribution in [3.63, 3.8) is 0 Å². The summed E-state index contributed by atoms with van der Waals surface area (Å²) in [5.74, 6) is -1.83. The standard InChI is InChI=1S/C19H19NO5/c1-13(17(21)20-12-14-8-4-3-5-9-14)25-19(23)16-11-7-6-10-15(16)18(22)24-2/h3-11,13H,12H2,1-2H3,(H,20,21). The molecule has 0 fully saturated rings. The van der Waals surface area contributed by atoms with Crippen LogP contribution in [0.3, 0.4) is 0 Å². The Bertz CT molecular complexity index is 757. The number of benzene rings is 2. The molecule has 1 amide bonds. The molecule has 6 heteroatoms. The molecule has 130 valence electrons. The van der Waals surface area contributed by atoms with Gasteiger partial charge in [-0.05, 0) is 24.6 Å². The highest BCUT2D eigenvalue weighted by molar-refractivity contribution is 6.03. The number of amides is 1. The van der Waals surface area contributed by atoms with E-state index in [1.807, 2.05) is 30.3 Å². The average molecular weight is 341 g/mol. The second-order valence-electron chi connectivity index (χ2n) is 5.29. The van der Waals surface area contributed by atoms with Gasteiger partial charge in [-0.2, -0.15) is 0 Å². The van der Waals surface area contributed by atoms with Crippen molar-refractivity contribution >= 4 is 17.8 Å². The van der Waals surface area contributed by atoms with Crippen LogP contribution in [-0.2, 0) is 20.8 Å². The molecule has 0 saturated heterocycles. The van der Waals surface area contributed by atoms with Gasteiger partial charge in [0.1, 0.15) is 0 Å². The first-order chi connectivity index (χ1) is 12.0. The predicted octanol–water partition coefficient (Wildman–Crippen LogP) is 2.33. The zero-order chi connectivity index (χ0) is 18.2. The van der Waals surface area contributed by atoms with Crippen LogP contribution < -0.4 is 5.32 Å². The van der Waals surface area contributed by atoms with Crippen molar-refractivity contribution < 1.29 is 23.9 Å². The lowest BCUT2D eigenvalue weighted by atomic mass is 10.1. The Balaban J connectivity index is 1.98. The van der Waals surface area contributed by atoms with Gasteiger partial charge in [0.05, 0.1) is 18.2 Å². The minimum absolute atomic E-state index is 0.0528. The zero-order valence-corrected chi connectivity index (χ0v) is 14.0. The molecule has 0 spiro atoms. The van der Waals surface area contributed by atoms with Gasteiger partial charge in [0.15, 0.2) is 6.10 Å². The summed E-state index contributed by atoms with van der Waals surface area (Å²) >= 11 is 0. The lowest BCUT2D eigenvalue weighted by Gasteiger charge is -2.14. The van der Waals surface area contributed by atoms with Crippen molar-refractivity contribution in [1.29, 1.82) is 0 Å². The third-order valence-corrected chi connectivity index (χ3v) is 3.51. The Morgan fingerprint density at radius 3 is 2.08 bits per heavy atom. The molecule has 2 rings (SSSR count). The normalized spacial score (nSPS) is 11.3. The molecule has 0 aliphatic rings. The van der Waals surface area contributed by atoms with E-state index in [2.05, 4.69) is 10.1 Å². The molecule has 0 heterocycles. The fraction of sp³-hybridized carbons (Fsp3) is 0.211. The topological polar surface area (TPSA) is 81.7 Å². The maximum atomic E-state index is 12.3. The maximum absolute atomic E-state index is 12.3. The minimum Gasteiger partial charge on any atom is -0.465 e. The van der Waals surface area contributed by atoms with Gasteiger partial charge in [-0.3, -0.25) is 4.79 Å². The van der Waals surface area contributed by atoms with E-state index in [0.29, 0.717) is 6.54 Å². The molecule has 0 bridgehead atoms.